The van der Waals surface area contributed by atoms with E-state index in [1.54, 1.807) is 0 Å². The van der Waals surface area contributed by atoms with E-state index in [4.69, 9.17) is 4.74 Å². The molecule has 118 valence electrons. The molecule has 0 aliphatic heterocycles. The molecular formula is C19H31NO. The van der Waals surface area contributed by atoms with Gasteiger partial charge in [-0.15, -0.1) is 0 Å². The molecule has 0 radical (unpaired) electrons. The van der Waals surface area contributed by atoms with Crippen molar-refractivity contribution in [3.05, 3.63) is 29.3 Å². The summed E-state index contributed by atoms with van der Waals surface area (Å²) >= 11 is 0. The molecule has 0 amide bonds. The van der Waals surface area contributed by atoms with Crippen LogP contribution in [0.5, 0.6) is 5.75 Å². The van der Waals surface area contributed by atoms with Crippen LogP contribution in [0.15, 0.2) is 18.2 Å². The summed E-state index contributed by atoms with van der Waals surface area (Å²) in [6.07, 6.45) is 3.91. The molecular weight excluding hydrogens is 258 g/mol. The second kappa shape index (κ2) is 6.39. The standard InChI is InChI=1S/C19H31NO/c1-13-7-9-16(11-14(13)2)21-18-12-15(19(3,4)5)8-10-17(18)20-6/h7,9,11,15,17-18,20H,8,10,12H2,1-6H3. The van der Waals surface area contributed by atoms with Gasteiger partial charge in [-0.1, -0.05) is 26.8 Å². The van der Waals surface area contributed by atoms with E-state index in [1.165, 1.54) is 24.0 Å². The SMILES string of the molecule is CNC1CCC(C(C)(C)C)CC1Oc1ccc(C)c(C)c1. The molecule has 3 atom stereocenters. The summed E-state index contributed by atoms with van der Waals surface area (Å²) in [6, 6.07) is 6.90. The Morgan fingerprint density at radius 2 is 1.81 bits per heavy atom. The molecule has 1 aliphatic rings. The Morgan fingerprint density at radius 1 is 1.10 bits per heavy atom. The van der Waals surface area contributed by atoms with E-state index in [1.807, 2.05) is 0 Å². The van der Waals surface area contributed by atoms with Crippen molar-refractivity contribution in [3.8, 4) is 5.75 Å². The predicted molar refractivity (Wildman–Crippen MR) is 90.0 cm³/mol. The van der Waals surface area contributed by atoms with Gasteiger partial charge >= 0.3 is 0 Å². The van der Waals surface area contributed by atoms with Crippen molar-refractivity contribution < 1.29 is 4.74 Å². The molecule has 3 unspecified atom stereocenters. The van der Waals surface area contributed by atoms with Gasteiger partial charge in [-0.05, 0) is 74.8 Å². The van der Waals surface area contributed by atoms with E-state index in [9.17, 15) is 0 Å². The van der Waals surface area contributed by atoms with Crippen LogP contribution in [0.1, 0.15) is 51.2 Å². The van der Waals surface area contributed by atoms with Crippen molar-refractivity contribution in [3.63, 3.8) is 0 Å². The summed E-state index contributed by atoms with van der Waals surface area (Å²) in [6.45, 7) is 11.3. The predicted octanol–water partition coefficient (Wildman–Crippen LogP) is 4.49. The summed E-state index contributed by atoms with van der Waals surface area (Å²) < 4.78 is 6.36. The highest BCUT2D eigenvalue weighted by Gasteiger charge is 2.36. The zero-order valence-corrected chi connectivity index (χ0v) is 14.5. The maximum atomic E-state index is 6.36. The Balaban J connectivity index is 2.12. The van der Waals surface area contributed by atoms with Gasteiger partial charge in [0.2, 0.25) is 0 Å². The van der Waals surface area contributed by atoms with Crippen molar-refractivity contribution in [2.45, 2.75) is 66.0 Å². The average molecular weight is 289 g/mol. The number of hydrogen-bond acceptors (Lipinski definition) is 2. The molecule has 1 aliphatic carbocycles. The summed E-state index contributed by atoms with van der Waals surface area (Å²) in [4.78, 5) is 0. The number of ether oxygens (including phenoxy) is 1. The number of nitrogens with one attached hydrogen (secondary N) is 1. The van der Waals surface area contributed by atoms with Crippen LogP contribution in [0.3, 0.4) is 0 Å². The van der Waals surface area contributed by atoms with E-state index < -0.39 is 0 Å². The molecule has 0 saturated heterocycles. The fraction of sp³-hybridized carbons (Fsp3) is 0.684. The second-order valence-electron chi connectivity index (χ2n) is 7.67. The van der Waals surface area contributed by atoms with Gasteiger partial charge in [0, 0.05) is 6.04 Å². The molecule has 0 aromatic heterocycles. The highest BCUT2D eigenvalue weighted by Crippen LogP contribution is 2.39. The summed E-state index contributed by atoms with van der Waals surface area (Å²) in [5, 5.41) is 3.45. The first-order valence-electron chi connectivity index (χ1n) is 8.22. The number of benzene rings is 1. The van der Waals surface area contributed by atoms with E-state index >= 15 is 0 Å². The monoisotopic (exact) mass is 289 g/mol. The molecule has 1 aromatic carbocycles. The van der Waals surface area contributed by atoms with Gasteiger partial charge in [0.05, 0.1) is 0 Å². The molecule has 2 nitrogen and oxygen atoms in total. The Labute approximate surface area is 130 Å². The molecule has 21 heavy (non-hydrogen) atoms. The van der Waals surface area contributed by atoms with Gasteiger partial charge in [-0.3, -0.25) is 0 Å². The quantitative estimate of drug-likeness (QED) is 0.885. The minimum atomic E-state index is 0.273. The van der Waals surface area contributed by atoms with Crippen LogP contribution in [-0.2, 0) is 0 Å². The third kappa shape index (κ3) is 4.00. The zero-order valence-electron chi connectivity index (χ0n) is 14.5. The number of rotatable bonds is 3. The highest BCUT2D eigenvalue weighted by molar-refractivity contribution is 5.34. The van der Waals surface area contributed by atoms with Crippen LogP contribution in [-0.4, -0.2) is 19.2 Å². The van der Waals surface area contributed by atoms with Gasteiger partial charge in [0.1, 0.15) is 11.9 Å². The van der Waals surface area contributed by atoms with Crippen LogP contribution in [0.2, 0.25) is 0 Å². The summed E-state index contributed by atoms with van der Waals surface area (Å²) in [5.74, 6) is 1.75. The van der Waals surface area contributed by atoms with Crippen molar-refractivity contribution in [2.24, 2.45) is 11.3 Å². The normalized spacial score (nSPS) is 26.7. The summed E-state index contributed by atoms with van der Waals surface area (Å²) in [5.41, 5.74) is 2.99. The van der Waals surface area contributed by atoms with Crippen molar-refractivity contribution >= 4 is 0 Å². The molecule has 1 N–H and O–H groups in total. The van der Waals surface area contributed by atoms with Crippen LogP contribution in [0, 0.1) is 25.2 Å². The van der Waals surface area contributed by atoms with Crippen LogP contribution < -0.4 is 10.1 Å². The van der Waals surface area contributed by atoms with Crippen molar-refractivity contribution in [1.82, 2.24) is 5.32 Å². The van der Waals surface area contributed by atoms with Gasteiger partial charge in [-0.25, -0.2) is 0 Å². The van der Waals surface area contributed by atoms with Crippen molar-refractivity contribution in [1.29, 1.82) is 0 Å². The first-order valence-corrected chi connectivity index (χ1v) is 8.22. The minimum Gasteiger partial charge on any atom is -0.489 e. The largest absolute Gasteiger partial charge is 0.489 e. The lowest BCUT2D eigenvalue weighted by Crippen LogP contribution is -2.47. The first-order chi connectivity index (χ1) is 9.81. The Hall–Kier alpha value is -1.02. The molecule has 0 heterocycles. The molecule has 2 rings (SSSR count). The number of hydrogen-bond donors (Lipinski definition) is 1. The minimum absolute atomic E-state index is 0.273. The maximum absolute atomic E-state index is 6.36. The number of aryl methyl sites for hydroxylation is 2. The smallest absolute Gasteiger partial charge is 0.120 e. The number of likely N-dealkylation sites (N-methyl/N-ethyl adjacent to an activating group) is 1. The average Bonchev–Trinajstić information content (AvgIpc) is 2.42. The lowest BCUT2D eigenvalue weighted by molar-refractivity contribution is 0.0495. The Kier molecular flexibility index (Phi) is 4.98. The molecule has 0 bridgehead atoms. The summed E-state index contributed by atoms with van der Waals surface area (Å²) in [7, 11) is 2.05. The molecule has 1 aromatic rings. The van der Waals surface area contributed by atoms with E-state index in [2.05, 4.69) is 65.2 Å². The first kappa shape index (κ1) is 16.4. The maximum Gasteiger partial charge on any atom is 0.120 e. The fourth-order valence-corrected chi connectivity index (χ4v) is 3.34. The van der Waals surface area contributed by atoms with Crippen LogP contribution in [0.25, 0.3) is 0 Å². The van der Waals surface area contributed by atoms with Crippen LogP contribution in [0.4, 0.5) is 0 Å². The molecule has 2 heteroatoms. The zero-order chi connectivity index (χ0) is 15.6. The Morgan fingerprint density at radius 3 is 2.38 bits per heavy atom. The highest BCUT2D eigenvalue weighted by atomic mass is 16.5. The lowest BCUT2D eigenvalue weighted by Gasteiger charge is -2.41. The van der Waals surface area contributed by atoms with E-state index in [0.717, 1.165) is 18.1 Å². The Bertz CT molecular complexity index is 475. The van der Waals surface area contributed by atoms with Gasteiger partial charge in [0.15, 0.2) is 0 Å². The van der Waals surface area contributed by atoms with Crippen LogP contribution >= 0.6 is 0 Å². The third-order valence-electron chi connectivity index (χ3n) is 5.15. The van der Waals surface area contributed by atoms with Gasteiger partial charge in [0.25, 0.3) is 0 Å². The second-order valence-corrected chi connectivity index (χ2v) is 7.67. The lowest BCUT2D eigenvalue weighted by atomic mass is 9.70. The van der Waals surface area contributed by atoms with E-state index in [0.29, 0.717) is 11.5 Å². The van der Waals surface area contributed by atoms with Gasteiger partial charge < -0.3 is 10.1 Å². The molecule has 1 fully saturated rings. The third-order valence-corrected chi connectivity index (χ3v) is 5.15. The molecule has 0 spiro atoms. The van der Waals surface area contributed by atoms with E-state index in [-0.39, 0.29) is 6.10 Å². The molecule has 1 saturated carbocycles. The fourth-order valence-electron chi connectivity index (χ4n) is 3.34. The van der Waals surface area contributed by atoms with Gasteiger partial charge in [-0.2, -0.15) is 0 Å². The van der Waals surface area contributed by atoms with Crippen molar-refractivity contribution in [2.75, 3.05) is 7.05 Å². The topological polar surface area (TPSA) is 21.3 Å².